The van der Waals surface area contributed by atoms with Gasteiger partial charge in [0.2, 0.25) is 0 Å². The molecule has 1 aromatic carbocycles. The van der Waals surface area contributed by atoms with Crippen LogP contribution in [0, 0.1) is 11.3 Å². The lowest BCUT2D eigenvalue weighted by Crippen LogP contribution is -2.24. The molecule has 0 N–H and O–H groups in total. The highest BCUT2D eigenvalue weighted by atomic mass is 35.5. The Morgan fingerprint density at radius 1 is 1.53 bits per heavy atom. The van der Waals surface area contributed by atoms with Crippen LogP contribution in [0.3, 0.4) is 0 Å². The van der Waals surface area contributed by atoms with E-state index in [9.17, 15) is 0 Å². The molecule has 0 radical (unpaired) electrons. The van der Waals surface area contributed by atoms with Gasteiger partial charge in [0, 0.05) is 11.6 Å². The number of halogens is 1. The lowest BCUT2D eigenvalue weighted by atomic mass is 10.3. The maximum atomic E-state index is 8.44. The average Bonchev–Trinajstić information content (AvgIpc) is 2.18. The third-order valence-corrected chi connectivity index (χ3v) is 2.11. The smallest absolute Gasteiger partial charge is 0.120 e. The molecule has 0 bridgehead atoms. The summed E-state index contributed by atoms with van der Waals surface area (Å²) >= 11 is 5.80. The van der Waals surface area contributed by atoms with Gasteiger partial charge in [-0.05, 0) is 25.2 Å². The minimum Gasteiger partial charge on any atom is -0.492 e. The zero-order valence-corrected chi connectivity index (χ0v) is 9.37. The van der Waals surface area contributed by atoms with Gasteiger partial charge in [-0.25, -0.2) is 0 Å². The molecule has 80 valence electrons. The fourth-order valence-electron chi connectivity index (χ4n) is 1.08. The molecule has 0 aliphatic rings. The zero-order valence-electron chi connectivity index (χ0n) is 8.61. The van der Waals surface area contributed by atoms with Gasteiger partial charge in [-0.2, -0.15) is 5.26 Å². The lowest BCUT2D eigenvalue weighted by molar-refractivity contribution is 0.251. The highest BCUT2D eigenvalue weighted by Crippen LogP contribution is 2.16. The van der Waals surface area contributed by atoms with Crippen molar-refractivity contribution in [3.05, 3.63) is 29.3 Å². The van der Waals surface area contributed by atoms with Crippen LogP contribution in [0.5, 0.6) is 5.75 Å². The summed E-state index contributed by atoms with van der Waals surface area (Å²) < 4.78 is 5.47. The summed E-state index contributed by atoms with van der Waals surface area (Å²) in [6.45, 7) is 1.69. The lowest BCUT2D eigenvalue weighted by Gasteiger charge is -2.13. The molecule has 3 nitrogen and oxygen atoms in total. The monoisotopic (exact) mass is 224 g/mol. The highest BCUT2D eigenvalue weighted by Gasteiger charge is 1.98. The topological polar surface area (TPSA) is 36.3 Å². The Hall–Kier alpha value is -1.24. The van der Waals surface area contributed by atoms with Gasteiger partial charge in [0.05, 0.1) is 12.6 Å². The Balaban J connectivity index is 2.29. The number of ether oxygens (including phenoxy) is 1. The first-order chi connectivity index (χ1) is 7.22. The van der Waals surface area contributed by atoms with Crippen LogP contribution in [0.2, 0.25) is 5.02 Å². The molecule has 1 aromatic rings. The molecule has 15 heavy (non-hydrogen) atoms. The molecule has 4 heteroatoms. The van der Waals surface area contributed by atoms with Crippen LogP contribution in [-0.4, -0.2) is 31.6 Å². The summed E-state index contributed by atoms with van der Waals surface area (Å²) in [6.07, 6.45) is 0. The average molecular weight is 225 g/mol. The number of benzene rings is 1. The molecule has 0 saturated heterocycles. The third kappa shape index (κ3) is 4.68. The Morgan fingerprint density at radius 3 is 3.00 bits per heavy atom. The molecule has 0 fully saturated rings. The summed E-state index contributed by atoms with van der Waals surface area (Å²) in [4.78, 5) is 1.89. The van der Waals surface area contributed by atoms with Crippen molar-refractivity contribution in [3.8, 4) is 11.8 Å². The van der Waals surface area contributed by atoms with Crippen molar-refractivity contribution in [2.45, 2.75) is 0 Å². The number of nitrogens with zero attached hydrogens (tertiary/aromatic N) is 2. The van der Waals surface area contributed by atoms with Crippen LogP contribution < -0.4 is 4.74 Å². The van der Waals surface area contributed by atoms with E-state index in [1.54, 1.807) is 12.1 Å². The molecule has 0 amide bonds. The molecular weight excluding hydrogens is 212 g/mol. The first-order valence-electron chi connectivity index (χ1n) is 4.66. The van der Waals surface area contributed by atoms with E-state index >= 15 is 0 Å². The molecule has 0 heterocycles. The first kappa shape index (κ1) is 11.8. The van der Waals surface area contributed by atoms with Gasteiger partial charge in [-0.1, -0.05) is 17.7 Å². The second-order valence-electron chi connectivity index (χ2n) is 3.20. The Kier molecular flexibility index (Phi) is 4.96. The van der Waals surface area contributed by atoms with Crippen LogP contribution in [-0.2, 0) is 0 Å². The number of rotatable bonds is 5. The summed E-state index contributed by atoms with van der Waals surface area (Å²) in [6, 6.07) is 9.35. The molecule has 1 rings (SSSR count). The summed E-state index contributed by atoms with van der Waals surface area (Å²) in [7, 11) is 1.88. The molecule has 0 atom stereocenters. The van der Waals surface area contributed by atoms with Gasteiger partial charge in [-0.3, -0.25) is 4.90 Å². The van der Waals surface area contributed by atoms with Gasteiger partial charge < -0.3 is 4.74 Å². The van der Waals surface area contributed by atoms with E-state index in [-0.39, 0.29) is 0 Å². The fraction of sp³-hybridized carbons (Fsp3) is 0.364. The van der Waals surface area contributed by atoms with Gasteiger partial charge in [0.15, 0.2) is 0 Å². The largest absolute Gasteiger partial charge is 0.492 e. The normalized spacial score (nSPS) is 10.0. The molecular formula is C11H13ClN2O. The molecule has 0 aliphatic heterocycles. The Bertz CT molecular complexity index is 349. The van der Waals surface area contributed by atoms with Gasteiger partial charge in [0.25, 0.3) is 0 Å². The summed E-state index contributed by atoms with van der Waals surface area (Å²) in [5, 5.41) is 9.10. The standard InChI is InChI=1S/C11H13ClN2O/c1-14(6-5-13)7-8-15-11-4-2-3-10(12)9-11/h2-4,9H,6-8H2,1H3. The predicted octanol–water partition coefficient (Wildman–Crippen LogP) is 2.17. The van der Waals surface area contributed by atoms with Crippen molar-refractivity contribution < 1.29 is 4.74 Å². The van der Waals surface area contributed by atoms with E-state index < -0.39 is 0 Å². The first-order valence-corrected chi connectivity index (χ1v) is 5.04. The van der Waals surface area contributed by atoms with E-state index in [0.29, 0.717) is 18.2 Å². The quantitative estimate of drug-likeness (QED) is 0.720. The number of likely N-dealkylation sites (N-methyl/N-ethyl adjacent to an activating group) is 1. The maximum absolute atomic E-state index is 8.44. The van der Waals surface area contributed by atoms with Gasteiger partial charge in [-0.15, -0.1) is 0 Å². The van der Waals surface area contributed by atoms with Crippen LogP contribution in [0.4, 0.5) is 0 Å². The van der Waals surface area contributed by atoms with Crippen molar-refractivity contribution >= 4 is 11.6 Å². The third-order valence-electron chi connectivity index (χ3n) is 1.88. The summed E-state index contributed by atoms with van der Waals surface area (Å²) in [5.41, 5.74) is 0. The predicted molar refractivity (Wildman–Crippen MR) is 60.1 cm³/mol. The SMILES string of the molecule is CN(CC#N)CCOc1cccc(Cl)c1. The fourth-order valence-corrected chi connectivity index (χ4v) is 1.26. The van der Waals surface area contributed by atoms with Crippen molar-refractivity contribution in [2.24, 2.45) is 0 Å². The maximum Gasteiger partial charge on any atom is 0.120 e. The Morgan fingerprint density at radius 2 is 2.33 bits per heavy atom. The van der Waals surface area contributed by atoms with Crippen LogP contribution >= 0.6 is 11.6 Å². The van der Waals surface area contributed by atoms with Gasteiger partial charge >= 0.3 is 0 Å². The second-order valence-corrected chi connectivity index (χ2v) is 3.64. The second kappa shape index (κ2) is 6.28. The van der Waals surface area contributed by atoms with Crippen molar-refractivity contribution in [1.29, 1.82) is 5.26 Å². The minimum atomic E-state index is 0.416. The van der Waals surface area contributed by atoms with E-state index in [1.165, 1.54) is 0 Å². The zero-order chi connectivity index (χ0) is 11.1. The van der Waals surface area contributed by atoms with Crippen LogP contribution in [0.1, 0.15) is 0 Å². The van der Waals surface area contributed by atoms with E-state index in [4.69, 9.17) is 21.6 Å². The Labute approximate surface area is 94.8 Å². The van der Waals surface area contributed by atoms with E-state index in [2.05, 4.69) is 6.07 Å². The number of nitriles is 1. The summed E-state index contributed by atoms with van der Waals surface area (Å²) in [5.74, 6) is 0.757. The number of hydrogen-bond acceptors (Lipinski definition) is 3. The molecule has 0 aliphatic carbocycles. The van der Waals surface area contributed by atoms with Crippen LogP contribution in [0.15, 0.2) is 24.3 Å². The van der Waals surface area contributed by atoms with Crippen molar-refractivity contribution in [1.82, 2.24) is 4.90 Å². The van der Waals surface area contributed by atoms with Crippen LogP contribution in [0.25, 0.3) is 0 Å². The minimum absolute atomic E-state index is 0.416. The van der Waals surface area contributed by atoms with E-state index in [1.807, 2.05) is 24.1 Å². The molecule has 0 spiro atoms. The highest BCUT2D eigenvalue weighted by molar-refractivity contribution is 6.30. The van der Waals surface area contributed by atoms with Crippen molar-refractivity contribution in [3.63, 3.8) is 0 Å². The molecule has 0 saturated carbocycles. The molecule has 0 aromatic heterocycles. The molecule has 0 unspecified atom stereocenters. The van der Waals surface area contributed by atoms with Crippen molar-refractivity contribution in [2.75, 3.05) is 26.7 Å². The van der Waals surface area contributed by atoms with E-state index in [0.717, 1.165) is 12.3 Å². The number of hydrogen-bond donors (Lipinski definition) is 0. The van der Waals surface area contributed by atoms with Gasteiger partial charge in [0.1, 0.15) is 12.4 Å².